The molecule has 16 heterocycles. The molecule has 16 rings (SSSR count). The van der Waals surface area contributed by atoms with E-state index in [2.05, 4.69) is 57.9 Å². The lowest BCUT2D eigenvalue weighted by molar-refractivity contribution is 0.0285. The summed E-state index contributed by atoms with van der Waals surface area (Å²) >= 11 is 0. The van der Waals surface area contributed by atoms with Crippen molar-refractivity contribution >= 4 is 69.2 Å². The maximum atomic E-state index is 9.75. The van der Waals surface area contributed by atoms with E-state index < -0.39 is 47.4 Å². The van der Waals surface area contributed by atoms with Crippen LogP contribution >= 0.6 is 40.2 Å². The molecule has 16 nitrogen and oxygen atoms in total. The predicted molar refractivity (Wildman–Crippen MR) is 373 cm³/mol. The molecule has 16 saturated heterocycles. The molecule has 0 amide bonds. The minimum atomic E-state index is -6.00. The average Bonchev–Trinajstić information content (AvgIpc) is 1.56. The first-order chi connectivity index (χ1) is 44.0. The zero-order chi connectivity index (χ0) is 61.0. The summed E-state index contributed by atoms with van der Waals surface area (Å²) in [6.45, 7) is 29.1. The van der Waals surface area contributed by atoms with Gasteiger partial charge >= 0.3 is 15.1 Å². The van der Waals surface area contributed by atoms with Gasteiger partial charge in [-0.05, 0) is 204 Å². The van der Waals surface area contributed by atoms with Crippen LogP contribution in [-0.4, -0.2) is 291 Å². The quantitative estimate of drug-likeness (QED) is 0.0838. The first-order valence-electron chi connectivity index (χ1n) is 37.3. The fraction of sp³-hybridized carbons (Fsp3) is 0.938. The maximum Gasteiger partial charge on any atom is 0.673 e. The number of halogens is 4. The zero-order valence-corrected chi connectivity index (χ0v) is 59.6. The van der Waals surface area contributed by atoms with Crippen LogP contribution in [0.1, 0.15) is 180 Å². The zero-order valence-electron chi connectivity index (χ0n) is 55.1. The van der Waals surface area contributed by atoms with Crippen molar-refractivity contribution < 1.29 is 17.3 Å². The lowest BCUT2D eigenvalue weighted by atomic mass is 10.0. The van der Waals surface area contributed by atoms with E-state index in [9.17, 15) is 17.3 Å². The SMILES string of the molecule is C1CCN(P2CCC(N3CCCC3)(N3CCCC3)C2=N[P+](N=C2P(N3CCCC3)CCC2(N2CCCC2)N2CCCC2)(N=C2P(N3CCCC3)CCC2(N2CCCC2)N2CCCC2)N=C2P(N3CCCC3)CCC2(N2CCCC2)N2CCCC2)C1.F[B-](F)(F)F. The van der Waals surface area contributed by atoms with E-state index in [4.69, 9.17) is 19.1 Å². The van der Waals surface area contributed by atoms with Crippen molar-refractivity contribution in [1.82, 2.24) is 57.9 Å². The molecule has 90 heavy (non-hydrogen) atoms. The first-order valence-corrected chi connectivity index (χ1v) is 44.8. The molecule has 0 radical (unpaired) electrons. The molecular weight excluding hydrogens is 1230 g/mol. The van der Waals surface area contributed by atoms with Gasteiger partial charge in [-0.1, -0.05) is 19.1 Å². The first kappa shape index (κ1) is 66.0. The maximum absolute atomic E-state index is 9.75. The van der Waals surface area contributed by atoms with E-state index in [0.717, 1.165) is 0 Å². The summed E-state index contributed by atoms with van der Waals surface area (Å²) in [7, 11) is -12.3. The molecule has 0 N–H and O–H groups in total. The summed E-state index contributed by atoms with van der Waals surface area (Å²) in [5.41, 5.74) is 5.61. The molecule has 0 aromatic carbocycles. The van der Waals surface area contributed by atoms with E-state index in [1.165, 1.54) is 362 Å². The van der Waals surface area contributed by atoms with E-state index >= 15 is 0 Å². The Balaban J connectivity index is 0.00000130. The summed E-state index contributed by atoms with van der Waals surface area (Å²) < 4.78 is 81.0. The Hall–Kier alpha value is 0.135. The Morgan fingerprint density at radius 3 is 0.522 bits per heavy atom. The Morgan fingerprint density at radius 1 is 0.244 bits per heavy atom. The Bertz CT molecular complexity index is 2150. The molecule has 26 heteroatoms. The molecule has 16 aliphatic heterocycles. The van der Waals surface area contributed by atoms with Crippen LogP contribution in [0.2, 0.25) is 0 Å². The second-order valence-electron chi connectivity index (χ2n) is 29.7. The largest absolute Gasteiger partial charge is 0.673 e. The van der Waals surface area contributed by atoms with Gasteiger partial charge in [-0.2, -0.15) is 0 Å². The fourth-order valence-corrected chi connectivity index (χ4v) is 37.1. The van der Waals surface area contributed by atoms with Crippen LogP contribution < -0.4 is 0 Å². The molecule has 0 bridgehead atoms. The molecule has 16 aliphatic rings. The van der Waals surface area contributed by atoms with Gasteiger partial charge in [0.25, 0.3) is 0 Å². The normalized spacial score (nSPS) is 36.8. The Labute approximate surface area is 544 Å². The van der Waals surface area contributed by atoms with Gasteiger partial charge < -0.3 is 17.3 Å². The summed E-state index contributed by atoms with van der Waals surface area (Å²) in [6.07, 6.45) is 41.7. The smallest absolute Gasteiger partial charge is 0.418 e. The molecule has 504 valence electrons. The van der Waals surface area contributed by atoms with Gasteiger partial charge in [0, 0.05) is 189 Å². The molecule has 0 aromatic heterocycles. The van der Waals surface area contributed by atoms with Crippen molar-refractivity contribution in [3.05, 3.63) is 0 Å². The minimum absolute atomic E-state index is 0.184. The number of rotatable bonds is 16. The van der Waals surface area contributed by atoms with Crippen LogP contribution in [-0.2, 0) is 0 Å². The van der Waals surface area contributed by atoms with Crippen molar-refractivity contribution in [2.24, 2.45) is 19.1 Å². The highest BCUT2D eigenvalue weighted by atomic mass is 31.2. The molecule has 0 spiro atoms. The third kappa shape index (κ3) is 12.4. The predicted octanol–water partition coefficient (Wildman–Crippen LogP) is 12.7. The van der Waals surface area contributed by atoms with E-state index in [1.807, 2.05) is 0 Å². The molecule has 0 aromatic rings. The van der Waals surface area contributed by atoms with Gasteiger partial charge in [0.05, 0.1) is 0 Å². The highest BCUT2D eigenvalue weighted by Crippen LogP contribution is 2.77. The van der Waals surface area contributed by atoms with E-state index in [0.29, 0.717) is 0 Å². The summed E-state index contributed by atoms with van der Waals surface area (Å²) in [5.74, 6) is 0. The molecular formula is C64H112BF4N16P5. The van der Waals surface area contributed by atoms with Gasteiger partial charge in [-0.25, -0.2) is 0 Å². The lowest BCUT2D eigenvalue weighted by Crippen LogP contribution is -2.62. The number of likely N-dealkylation sites (tertiary alicyclic amines) is 8. The van der Waals surface area contributed by atoms with Crippen molar-refractivity contribution in [2.75, 3.05) is 182 Å². The van der Waals surface area contributed by atoms with Crippen molar-refractivity contribution in [3.8, 4) is 0 Å². The third-order valence-electron chi connectivity index (χ3n) is 24.7. The van der Waals surface area contributed by atoms with E-state index in [-0.39, 0.29) is 22.7 Å². The van der Waals surface area contributed by atoms with Crippen LogP contribution in [0.25, 0.3) is 0 Å². The van der Waals surface area contributed by atoms with E-state index in [1.54, 1.807) is 21.8 Å². The molecule has 0 saturated carbocycles. The second kappa shape index (κ2) is 28.4. The number of hydrogen-bond acceptors (Lipinski definition) is 16. The number of hydrogen-bond donors (Lipinski definition) is 0. The van der Waals surface area contributed by atoms with Gasteiger partial charge in [0.1, 0.15) is 44.5 Å². The van der Waals surface area contributed by atoms with Crippen molar-refractivity contribution in [3.63, 3.8) is 0 Å². The van der Waals surface area contributed by atoms with Crippen molar-refractivity contribution in [1.29, 1.82) is 0 Å². The Morgan fingerprint density at radius 2 is 0.378 bits per heavy atom. The van der Waals surface area contributed by atoms with Crippen LogP contribution in [0.15, 0.2) is 19.1 Å². The number of nitrogens with zero attached hydrogens (tertiary/aromatic N) is 16. The molecule has 0 aliphatic carbocycles. The van der Waals surface area contributed by atoms with Gasteiger partial charge in [0.15, 0.2) is 0 Å². The molecule has 4 unspecified atom stereocenters. The van der Waals surface area contributed by atoms with Crippen LogP contribution in [0.3, 0.4) is 0 Å². The molecule has 4 atom stereocenters. The second-order valence-corrected chi connectivity index (χ2v) is 40.5. The minimum Gasteiger partial charge on any atom is -0.418 e. The highest BCUT2D eigenvalue weighted by Gasteiger charge is 2.67. The average molecular weight is 1350 g/mol. The summed E-state index contributed by atoms with van der Waals surface area (Å²) in [5, 5.41) is 0. The summed E-state index contributed by atoms with van der Waals surface area (Å²) in [6, 6.07) is 0. The van der Waals surface area contributed by atoms with Gasteiger partial charge in [0.2, 0.25) is 0 Å². The summed E-state index contributed by atoms with van der Waals surface area (Å²) in [4.78, 5) is 24.7. The Kier molecular flexibility index (Phi) is 20.8. The van der Waals surface area contributed by atoms with Gasteiger partial charge in [-0.15, -0.1) is 0 Å². The fourth-order valence-electron chi connectivity index (χ4n) is 20.7. The van der Waals surface area contributed by atoms with Crippen LogP contribution in [0.5, 0.6) is 0 Å². The lowest BCUT2D eigenvalue weighted by Gasteiger charge is -2.48. The van der Waals surface area contributed by atoms with Crippen molar-refractivity contribution in [2.45, 2.75) is 202 Å². The highest BCUT2D eigenvalue weighted by molar-refractivity contribution is 7.82. The van der Waals surface area contributed by atoms with Crippen LogP contribution in [0.4, 0.5) is 17.3 Å². The van der Waals surface area contributed by atoms with Gasteiger partial charge in [-0.3, -0.25) is 57.9 Å². The third-order valence-corrected chi connectivity index (χ3v) is 38.0. The molecule has 16 fully saturated rings. The monoisotopic (exact) mass is 1350 g/mol. The topological polar surface area (TPSA) is 88.3 Å². The van der Waals surface area contributed by atoms with Crippen LogP contribution in [0, 0.1) is 0 Å². The standard InChI is InChI=1S/C64H112N16P5.BF4/c1-2-30-69(29-1)61(70-31-3-4-32-70)25-53-81(77-45-17-18-46-77)57(61)65-85(66-58-62(71-33-5-6-34-71,72-35-7-8-36-72)26-54-82(58)78-47-19-20-48-78,67-59-63(73-37-9-10-38-73,74-39-11-12-40-74)27-55-83(59)79-49-21-22-50-79)68-60-64(75-41-13-14-42-75,76-43-15-16-44-76)28-56-84(60)80-51-23-24-52-80;2-1(3,4)5/h1-56H2;/q+1;-1.